The molecule has 0 spiro atoms. The SMILES string of the molecule is COc1cccc(OCCn2cc(C(=O)O)nn2)c1. The fourth-order valence-electron chi connectivity index (χ4n) is 1.45. The lowest BCUT2D eigenvalue weighted by Gasteiger charge is -2.07. The van der Waals surface area contributed by atoms with Gasteiger partial charge in [-0.1, -0.05) is 11.3 Å². The Balaban J connectivity index is 1.86. The van der Waals surface area contributed by atoms with Crippen molar-refractivity contribution in [3.63, 3.8) is 0 Å². The van der Waals surface area contributed by atoms with Crippen molar-refractivity contribution in [1.29, 1.82) is 0 Å². The molecule has 7 nitrogen and oxygen atoms in total. The van der Waals surface area contributed by atoms with E-state index in [1.54, 1.807) is 13.2 Å². The van der Waals surface area contributed by atoms with Crippen LogP contribution in [0.4, 0.5) is 0 Å². The lowest BCUT2D eigenvalue weighted by atomic mass is 10.3. The van der Waals surface area contributed by atoms with Gasteiger partial charge in [-0.25, -0.2) is 9.48 Å². The Labute approximate surface area is 109 Å². The van der Waals surface area contributed by atoms with Gasteiger partial charge in [0.2, 0.25) is 0 Å². The van der Waals surface area contributed by atoms with Crippen LogP contribution in [0.5, 0.6) is 11.5 Å². The predicted molar refractivity (Wildman–Crippen MR) is 65.5 cm³/mol. The Morgan fingerprint density at radius 3 is 2.89 bits per heavy atom. The second kappa shape index (κ2) is 5.85. The van der Waals surface area contributed by atoms with E-state index < -0.39 is 5.97 Å². The van der Waals surface area contributed by atoms with Crippen molar-refractivity contribution in [1.82, 2.24) is 15.0 Å². The molecule has 1 N–H and O–H groups in total. The number of ether oxygens (including phenoxy) is 2. The summed E-state index contributed by atoms with van der Waals surface area (Å²) in [4.78, 5) is 10.6. The second-order valence-corrected chi connectivity index (χ2v) is 3.70. The summed E-state index contributed by atoms with van der Waals surface area (Å²) in [7, 11) is 1.59. The number of methoxy groups -OCH3 is 1. The molecule has 1 aromatic carbocycles. The fourth-order valence-corrected chi connectivity index (χ4v) is 1.45. The zero-order valence-electron chi connectivity index (χ0n) is 10.3. The van der Waals surface area contributed by atoms with Crippen molar-refractivity contribution in [2.75, 3.05) is 13.7 Å². The fraction of sp³-hybridized carbons (Fsp3) is 0.250. The quantitative estimate of drug-likeness (QED) is 0.838. The molecule has 7 heteroatoms. The van der Waals surface area contributed by atoms with Crippen molar-refractivity contribution < 1.29 is 19.4 Å². The number of carbonyl (C=O) groups is 1. The molecule has 0 saturated carbocycles. The third-order valence-electron chi connectivity index (χ3n) is 2.39. The van der Waals surface area contributed by atoms with Gasteiger partial charge in [0.15, 0.2) is 5.69 Å². The number of hydrogen-bond donors (Lipinski definition) is 1. The van der Waals surface area contributed by atoms with Crippen LogP contribution in [-0.2, 0) is 6.54 Å². The van der Waals surface area contributed by atoms with Crippen LogP contribution in [0.25, 0.3) is 0 Å². The Morgan fingerprint density at radius 1 is 1.42 bits per heavy atom. The molecule has 0 amide bonds. The molecule has 0 saturated heterocycles. The minimum absolute atomic E-state index is 0.0821. The number of benzene rings is 1. The smallest absolute Gasteiger partial charge is 0.358 e. The summed E-state index contributed by atoms with van der Waals surface area (Å²) >= 11 is 0. The maximum atomic E-state index is 10.6. The van der Waals surface area contributed by atoms with Crippen molar-refractivity contribution >= 4 is 5.97 Å². The zero-order valence-corrected chi connectivity index (χ0v) is 10.3. The molecule has 1 heterocycles. The summed E-state index contributed by atoms with van der Waals surface area (Å²) < 4.78 is 12.0. The number of rotatable bonds is 6. The van der Waals surface area contributed by atoms with Gasteiger partial charge in [-0.2, -0.15) is 0 Å². The van der Waals surface area contributed by atoms with Gasteiger partial charge in [-0.3, -0.25) is 0 Å². The molecule has 0 aliphatic heterocycles. The predicted octanol–water partition coefficient (Wildman–Crippen LogP) is 1.06. The van der Waals surface area contributed by atoms with Crippen LogP contribution in [0.2, 0.25) is 0 Å². The van der Waals surface area contributed by atoms with Crippen LogP contribution >= 0.6 is 0 Å². The van der Waals surface area contributed by atoms with Crippen LogP contribution in [0.3, 0.4) is 0 Å². The summed E-state index contributed by atoms with van der Waals surface area (Å²) in [6.45, 7) is 0.771. The first-order chi connectivity index (χ1) is 9.19. The normalized spacial score (nSPS) is 10.2. The minimum atomic E-state index is -1.10. The summed E-state index contributed by atoms with van der Waals surface area (Å²) in [5.74, 6) is 0.296. The highest BCUT2D eigenvalue weighted by molar-refractivity contribution is 5.84. The van der Waals surface area contributed by atoms with Crippen molar-refractivity contribution in [2.45, 2.75) is 6.54 Å². The van der Waals surface area contributed by atoms with E-state index in [-0.39, 0.29) is 5.69 Å². The van der Waals surface area contributed by atoms with Crippen LogP contribution in [0, 0.1) is 0 Å². The summed E-state index contributed by atoms with van der Waals surface area (Å²) in [5.41, 5.74) is -0.0821. The third-order valence-corrected chi connectivity index (χ3v) is 2.39. The van der Waals surface area contributed by atoms with E-state index in [4.69, 9.17) is 14.6 Å². The number of hydrogen-bond acceptors (Lipinski definition) is 5. The maximum absolute atomic E-state index is 10.6. The molecule has 0 atom stereocenters. The Hall–Kier alpha value is -2.57. The maximum Gasteiger partial charge on any atom is 0.358 e. The molecule has 2 aromatic rings. The van der Waals surface area contributed by atoms with E-state index in [1.165, 1.54) is 10.9 Å². The van der Waals surface area contributed by atoms with E-state index in [1.807, 2.05) is 18.2 Å². The molecule has 0 bridgehead atoms. The lowest BCUT2D eigenvalue weighted by molar-refractivity contribution is 0.0690. The highest BCUT2D eigenvalue weighted by Gasteiger charge is 2.07. The molecule has 19 heavy (non-hydrogen) atoms. The van der Waals surface area contributed by atoms with Crippen LogP contribution < -0.4 is 9.47 Å². The summed E-state index contributed by atoms with van der Waals surface area (Å²) in [6.07, 6.45) is 1.36. The standard InChI is InChI=1S/C12H13N3O4/c1-18-9-3-2-4-10(7-9)19-6-5-15-8-11(12(16)17)13-14-15/h2-4,7-8H,5-6H2,1H3,(H,16,17). The van der Waals surface area contributed by atoms with Gasteiger partial charge in [-0.05, 0) is 12.1 Å². The van der Waals surface area contributed by atoms with Crippen LogP contribution in [0.15, 0.2) is 30.5 Å². The average Bonchev–Trinajstić information content (AvgIpc) is 2.88. The molecule has 0 radical (unpaired) electrons. The Bertz CT molecular complexity index is 568. The van der Waals surface area contributed by atoms with E-state index in [0.29, 0.717) is 24.7 Å². The number of nitrogens with zero attached hydrogens (tertiary/aromatic N) is 3. The number of aromatic nitrogens is 3. The van der Waals surface area contributed by atoms with Crippen molar-refractivity contribution in [3.05, 3.63) is 36.2 Å². The van der Waals surface area contributed by atoms with E-state index in [2.05, 4.69) is 10.3 Å². The van der Waals surface area contributed by atoms with Gasteiger partial charge in [-0.15, -0.1) is 5.10 Å². The van der Waals surface area contributed by atoms with E-state index >= 15 is 0 Å². The lowest BCUT2D eigenvalue weighted by Crippen LogP contribution is -2.08. The molecule has 2 rings (SSSR count). The number of carboxylic acid groups (broad SMARTS) is 1. The first kappa shape index (κ1) is 12.9. The van der Waals surface area contributed by atoms with E-state index in [9.17, 15) is 4.79 Å². The highest BCUT2D eigenvalue weighted by atomic mass is 16.5. The third kappa shape index (κ3) is 3.44. The van der Waals surface area contributed by atoms with Crippen molar-refractivity contribution in [3.8, 4) is 11.5 Å². The monoisotopic (exact) mass is 263 g/mol. The van der Waals surface area contributed by atoms with Crippen molar-refractivity contribution in [2.24, 2.45) is 0 Å². The first-order valence-electron chi connectivity index (χ1n) is 5.59. The molecule has 0 fully saturated rings. The summed E-state index contributed by atoms with van der Waals surface area (Å²) in [6, 6.07) is 7.23. The van der Waals surface area contributed by atoms with Gasteiger partial charge in [0.25, 0.3) is 0 Å². The van der Waals surface area contributed by atoms with Gasteiger partial charge in [0.05, 0.1) is 19.9 Å². The Morgan fingerprint density at radius 2 is 2.21 bits per heavy atom. The number of carboxylic acids is 1. The largest absolute Gasteiger partial charge is 0.497 e. The summed E-state index contributed by atoms with van der Waals surface area (Å²) in [5, 5.41) is 15.9. The Kier molecular flexibility index (Phi) is 3.97. The van der Waals surface area contributed by atoms with Crippen LogP contribution in [0.1, 0.15) is 10.5 Å². The topological polar surface area (TPSA) is 86.5 Å². The van der Waals surface area contributed by atoms with Gasteiger partial charge >= 0.3 is 5.97 Å². The molecule has 100 valence electrons. The molecular weight excluding hydrogens is 250 g/mol. The molecule has 0 unspecified atom stereocenters. The average molecular weight is 263 g/mol. The molecule has 0 aliphatic rings. The number of aromatic carboxylic acids is 1. The first-order valence-corrected chi connectivity index (χ1v) is 5.59. The highest BCUT2D eigenvalue weighted by Crippen LogP contribution is 2.18. The second-order valence-electron chi connectivity index (χ2n) is 3.70. The molecule has 1 aromatic heterocycles. The molecule has 0 aliphatic carbocycles. The van der Waals surface area contributed by atoms with Crippen LogP contribution in [-0.4, -0.2) is 39.8 Å². The van der Waals surface area contributed by atoms with Gasteiger partial charge in [0, 0.05) is 6.07 Å². The van der Waals surface area contributed by atoms with E-state index in [0.717, 1.165) is 0 Å². The minimum Gasteiger partial charge on any atom is -0.497 e. The van der Waals surface area contributed by atoms with Gasteiger partial charge < -0.3 is 14.6 Å². The zero-order chi connectivity index (χ0) is 13.7. The molecular formula is C12H13N3O4. The van der Waals surface area contributed by atoms with Gasteiger partial charge in [0.1, 0.15) is 18.1 Å².